The molecule has 0 aromatic heterocycles. The van der Waals surface area contributed by atoms with Crippen molar-refractivity contribution in [2.75, 3.05) is 19.6 Å². The van der Waals surface area contributed by atoms with E-state index in [1.165, 1.54) is 0 Å². The molecule has 2 N–H and O–H groups in total. The zero-order chi connectivity index (χ0) is 12.6. The van der Waals surface area contributed by atoms with Gasteiger partial charge >= 0.3 is 5.97 Å². The summed E-state index contributed by atoms with van der Waals surface area (Å²) in [5, 5.41) is 12.3. The fraction of sp³-hybridized carbons (Fsp3) is 0.833. The zero-order valence-corrected chi connectivity index (χ0v) is 10.3. The molecule has 0 radical (unpaired) electrons. The number of likely N-dealkylation sites (tertiary alicyclic amines) is 1. The summed E-state index contributed by atoms with van der Waals surface area (Å²) in [5.41, 5.74) is 0. The number of carboxylic acids is 1. The number of amides is 1. The zero-order valence-electron chi connectivity index (χ0n) is 10.3. The maximum Gasteiger partial charge on any atom is 0.326 e. The smallest absolute Gasteiger partial charge is 0.326 e. The van der Waals surface area contributed by atoms with E-state index in [1.54, 1.807) is 4.90 Å². The molecule has 3 atom stereocenters. The van der Waals surface area contributed by atoms with E-state index in [0.717, 1.165) is 19.5 Å². The molecular formula is C12H20N2O3. The highest BCUT2D eigenvalue weighted by molar-refractivity contribution is 5.86. The van der Waals surface area contributed by atoms with E-state index in [1.807, 2.05) is 13.8 Å². The standard InChI is InChI=1S/C12H20N2O3/c1-7-3-4-14(10(7)12(16)17)11(15)8(2)9-5-13-6-9/h7-10,13H,3-6H2,1-2H3,(H,16,17). The van der Waals surface area contributed by atoms with Crippen LogP contribution in [0.2, 0.25) is 0 Å². The summed E-state index contributed by atoms with van der Waals surface area (Å²) in [6.45, 7) is 6.14. The number of carboxylic acid groups (broad SMARTS) is 1. The number of carbonyl (C=O) groups is 2. The highest BCUT2D eigenvalue weighted by Gasteiger charge is 2.42. The van der Waals surface area contributed by atoms with Crippen molar-refractivity contribution >= 4 is 11.9 Å². The van der Waals surface area contributed by atoms with Crippen LogP contribution >= 0.6 is 0 Å². The molecule has 5 nitrogen and oxygen atoms in total. The molecule has 3 unspecified atom stereocenters. The Morgan fingerprint density at radius 3 is 2.53 bits per heavy atom. The van der Waals surface area contributed by atoms with Crippen molar-refractivity contribution in [3.8, 4) is 0 Å². The molecule has 2 aliphatic heterocycles. The SMILES string of the molecule is CC1CCN(C(=O)C(C)C2CNC2)C1C(=O)O. The van der Waals surface area contributed by atoms with Gasteiger partial charge in [-0.05, 0) is 31.3 Å². The van der Waals surface area contributed by atoms with Crippen LogP contribution in [0.15, 0.2) is 0 Å². The van der Waals surface area contributed by atoms with E-state index >= 15 is 0 Å². The third-order valence-corrected chi connectivity index (χ3v) is 4.15. The lowest BCUT2D eigenvalue weighted by Gasteiger charge is -2.35. The number of aliphatic carboxylic acids is 1. The molecule has 0 aromatic carbocycles. The minimum atomic E-state index is -0.873. The van der Waals surface area contributed by atoms with Crippen LogP contribution in [-0.4, -0.2) is 47.6 Å². The molecule has 0 bridgehead atoms. The molecule has 2 aliphatic rings. The van der Waals surface area contributed by atoms with Crippen LogP contribution in [-0.2, 0) is 9.59 Å². The minimum absolute atomic E-state index is 0.00764. The van der Waals surface area contributed by atoms with Gasteiger partial charge in [0, 0.05) is 12.5 Å². The van der Waals surface area contributed by atoms with Gasteiger partial charge in [-0.1, -0.05) is 13.8 Å². The van der Waals surface area contributed by atoms with Crippen LogP contribution in [0, 0.1) is 17.8 Å². The lowest BCUT2D eigenvalue weighted by Crippen LogP contribution is -2.52. The lowest BCUT2D eigenvalue weighted by molar-refractivity contribution is -0.151. The Balaban J connectivity index is 2.05. The summed E-state index contributed by atoms with van der Waals surface area (Å²) in [7, 11) is 0. The molecule has 0 spiro atoms. The van der Waals surface area contributed by atoms with Crippen molar-refractivity contribution in [3.63, 3.8) is 0 Å². The predicted octanol–water partition coefficient (Wildman–Crippen LogP) is 0.164. The number of hydrogen-bond acceptors (Lipinski definition) is 3. The maximum absolute atomic E-state index is 12.3. The van der Waals surface area contributed by atoms with Crippen LogP contribution in [0.5, 0.6) is 0 Å². The summed E-state index contributed by atoms with van der Waals surface area (Å²) >= 11 is 0. The first-order valence-corrected chi connectivity index (χ1v) is 6.26. The van der Waals surface area contributed by atoms with Gasteiger partial charge in [-0.3, -0.25) is 4.79 Å². The number of carbonyl (C=O) groups excluding carboxylic acids is 1. The van der Waals surface area contributed by atoms with E-state index in [9.17, 15) is 14.7 Å². The van der Waals surface area contributed by atoms with E-state index in [-0.39, 0.29) is 17.7 Å². The van der Waals surface area contributed by atoms with Gasteiger partial charge in [-0.2, -0.15) is 0 Å². The highest BCUT2D eigenvalue weighted by atomic mass is 16.4. The van der Waals surface area contributed by atoms with E-state index < -0.39 is 12.0 Å². The molecule has 96 valence electrons. The number of rotatable bonds is 3. The van der Waals surface area contributed by atoms with Crippen LogP contribution in [0.25, 0.3) is 0 Å². The van der Waals surface area contributed by atoms with E-state index in [4.69, 9.17) is 0 Å². The molecule has 17 heavy (non-hydrogen) atoms. The van der Waals surface area contributed by atoms with Gasteiger partial charge in [0.2, 0.25) is 5.91 Å². The Morgan fingerprint density at radius 2 is 2.06 bits per heavy atom. The second-order valence-corrected chi connectivity index (χ2v) is 5.29. The Morgan fingerprint density at radius 1 is 1.41 bits per heavy atom. The van der Waals surface area contributed by atoms with Crippen molar-refractivity contribution in [3.05, 3.63) is 0 Å². The van der Waals surface area contributed by atoms with Gasteiger partial charge in [0.15, 0.2) is 0 Å². The van der Waals surface area contributed by atoms with Crippen LogP contribution < -0.4 is 5.32 Å². The molecule has 5 heteroatoms. The highest BCUT2D eigenvalue weighted by Crippen LogP contribution is 2.28. The summed E-state index contributed by atoms with van der Waals surface area (Å²) in [6.07, 6.45) is 0.790. The largest absolute Gasteiger partial charge is 0.480 e. The third kappa shape index (κ3) is 2.16. The van der Waals surface area contributed by atoms with Crippen molar-refractivity contribution in [1.82, 2.24) is 10.2 Å². The van der Waals surface area contributed by atoms with Gasteiger partial charge in [-0.15, -0.1) is 0 Å². The molecule has 1 amide bonds. The Kier molecular flexibility index (Phi) is 3.38. The van der Waals surface area contributed by atoms with Crippen LogP contribution in [0.1, 0.15) is 20.3 Å². The van der Waals surface area contributed by atoms with Gasteiger partial charge in [0.1, 0.15) is 6.04 Å². The normalized spacial score (nSPS) is 31.1. The fourth-order valence-electron chi connectivity index (χ4n) is 2.70. The molecule has 2 saturated heterocycles. The Labute approximate surface area is 101 Å². The molecule has 2 rings (SSSR count). The topological polar surface area (TPSA) is 69.6 Å². The second-order valence-electron chi connectivity index (χ2n) is 5.29. The van der Waals surface area contributed by atoms with Crippen LogP contribution in [0.3, 0.4) is 0 Å². The number of hydrogen-bond donors (Lipinski definition) is 2. The molecule has 2 heterocycles. The molecule has 0 aromatic rings. The van der Waals surface area contributed by atoms with Crippen molar-refractivity contribution in [1.29, 1.82) is 0 Å². The average Bonchev–Trinajstić information content (AvgIpc) is 2.56. The Hall–Kier alpha value is -1.10. The molecular weight excluding hydrogens is 220 g/mol. The van der Waals surface area contributed by atoms with Crippen molar-refractivity contribution < 1.29 is 14.7 Å². The molecule has 0 aliphatic carbocycles. The summed E-state index contributed by atoms with van der Waals surface area (Å²) in [4.78, 5) is 25.0. The van der Waals surface area contributed by atoms with Crippen molar-refractivity contribution in [2.45, 2.75) is 26.3 Å². The van der Waals surface area contributed by atoms with E-state index in [2.05, 4.69) is 5.32 Å². The monoisotopic (exact) mass is 240 g/mol. The number of nitrogens with zero attached hydrogens (tertiary/aromatic N) is 1. The summed E-state index contributed by atoms with van der Waals surface area (Å²) in [6, 6.07) is -0.627. The maximum atomic E-state index is 12.3. The molecule has 2 fully saturated rings. The first kappa shape index (κ1) is 12.4. The van der Waals surface area contributed by atoms with Crippen LogP contribution in [0.4, 0.5) is 0 Å². The second kappa shape index (κ2) is 4.64. The predicted molar refractivity (Wildman–Crippen MR) is 62.4 cm³/mol. The van der Waals surface area contributed by atoms with Crippen molar-refractivity contribution in [2.24, 2.45) is 17.8 Å². The van der Waals surface area contributed by atoms with Gasteiger partial charge < -0.3 is 15.3 Å². The fourth-order valence-corrected chi connectivity index (χ4v) is 2.70. The first-order valence-electron chi connectivity index (χ1n) is 6.26. The van der Waals surface area contributed by atoms with Gasteiger partial charge in [0.25, 0.3) is 0 Å². The third-order valence-electron chi connectivity index (χ3n) is 4.15. The van der Waals surface area contributed by atoms with Gasteiger partial charge in [0.05, 0.1) is 0 Å². The minimum Gasteiger partial charge on any atom is -0.480 e. The summed E-state index contributed by atoms with van der Waals surface area (Å²) in [5.74, 6) is -0.505. The Bertz CT molecular complexity index is 328. The summed E-state index contributed by atoms with van der Waals surface area (Å²) < 4.78 is 0. The average molecular weight is 240 g/mol. The first-order chi connectivity index (χ1) is 8.02. The van der Waals surface area contributed by atoms with E-state index in [0.29, 0.717) is 12.5 Å². The number of nitrogens with one attached hydrogen (secondary N) is 1. The lowest BCUT2D eigenvalue weighted by atomic mass is 9.87. The quantitative estimate of drug-likeness (QED) is 0.737. The molecule has 0 saturated carbocycles. The van der Waals surface area contributed by atoms with Gasteiger partial charge in [-0.25, -0.2) is 4.79 Å².